The number of rotatable bonds is 9. The van der Waals surface area contributed by atoms with Gasteiger partial charge in [-0.1, -0.05) is 32.9 Å². The van der Waals surface area contributed by atoms with Crippen LogP contribution in [0.15, 0.2) is 12.1 Å². The lowest BCUT2D eigenvalue weighted by molar-refractivity contribution is 0.0985. The molecule has 2 aliphatic rings. The number of hydrogen-bond acceptors (Lipinski definition) is 4. The van der Waals surface area contributed by atoms with Gasteiger partial charge in [-0.2, -0.15) is 0 Å². The van der Waals surface area contributed by atoms with Crippen LogP contribution in [0.25, 0.3) is 0 Å². The summed E-state index contributed by atoms with van der Waals surface area (Å²) in [7, 11) is 0. The zero-order valence-electron chi connectivity index (χ0n) is 21.3. The van der Waals surface area contributed by atoms with Crippen molar-refractivity contribution in [2.45, 2.75) is 86.0 Å². The molecule has 1 aliphatic carbocycles. The Morgan fingerprint density at radius 1 is 1.12 bits per heavy atom. The fourth-order valence-electron chi connectivity index (χ4n) is 5.63. The Balaban J connectivity index is 1.39. The molecule has 0 N–H and O–H groups in total. The van der Waals surface area contributed by atoms with Crippen molar-refractivity contribution in [3.05, 3.63) is 49.7 Å². The molecular formula is C29H41NO2S. The molecule has 0 radical (unpaired) electrons. The number of thiophene rings is 1. The molecule has 2 heterocycles. The number of ketones is 1. The number of carbonyl (C=O) groups excluding carboxylic acids is 1. The molecule has 2 aromatic rings. The molecule has 0 amide bonds. The van der Waals surface area contributed by atoms with E-state index in [0.717, 1.165) is 49.5 Å². The van der Waals surface area contributed by atoms with E-state index in [9.17, 15) is 4.79 Å². The van der Waals surface area contributed by atoms with Crippen molar-refractivity contribution in [3.63, 3.8) is 0 Å². The van der Waals surface area contributed by atoms with Gasteiger partial charge in [-0.15, -0.1) is 11.3 Å². The molecule has 0 unspecified atom stereocenters. The highest BCUT2D eigenvalue weighted by Gasteiger charge is 2.31. The summed E-state index contributed by atoms with van der Waals surface area (Å²) in [6.07, 6.45) is 8.41. The lowest BCUT2D eigenvalue weighted by Gasteiger charge is -2.30. The minimum Gasteiger partial charge on any atom is -0.492 e. The predicted octanol–water partition coefficient (Wildman–Crippen LogP) is 6.73. The molecule has 3 nitrogen and oxygen atoms in total. The molecule has 33 heavy (non-hydrogen) atoms. The number of benzene rings is 1. The van der Waals surface area contributed by atoms with Gasteiger partial charge in [-0.05, 0) is 105 Å². The van der Waals surface area contributed by atoms with Crippen molar-refractivity contribution in [2.75, 3.05) is 26.2 Å². The highest BCUT2D eigenvalue weighted by atomic mass is 32.1. The Bertz CT molecular complexity index is 974. The molecule has 1 aromatic carbocycles. The smallest absolute Gasteiger partial charge is 0.173 e. The quantitative estimate of drug-likeness (QED) is 0.383. The van der Waals surface area contributed by atoms with Gasteiger partial charge >= 0.3 is 0 Å². The van der Waals surface area contributed by atoms with Crippen LogP contribution in [0.5, 0.6) is 5.75 Å². The molecule has 0 bridgehead atoms. The number of nitrogens with zero attached hydrogens (tertiary/aromatic N) is 1. The third-order valence-electron chi connectivity index (χ3n) is 7.50. The number of Topliss-reactive ketones (excluding diaryl/α,β-unsaturated/α-hetero) is 1. The van der Waals surface area contributed by atoms with Crippen molar-refractivity contribution >= 4 is 17.1 Å². The van der Waals surface area contributed by atoms with Gasteiger partial charge in [0, 0.05) is 17.8 Å². The molecule has 1 fully saturated rings. The minimum atomic E-state index is 0.330. The van der Waals surface area contributed by atoms with Crippen LogP contribution in [0.4, 0.5) is 0 Å². The van der Waals surface area contributed by atoms with E-state index in [1.165, 1.54) is 65.0 Å². The molecule has 180 valence electrons. The van der Waals surface area contributed by atoms with Crippen molar-refractivity contribution in [1.29, 1.82) is 0 Å². The zero-order chi connectivity index (χ0) is 23.6. The normalized spacial score (nSPS) is 17.8. The van der Waals surface area contributed by atoms with Crippen molar-refractivity contribution in [3.8, 4) is 5.75 Å². The van der Waals surface area contributed by atoms with E-state index < -0.39 is 0 Å². The van der Waals surface area contributed by atoms with E-state index in [4.69, 9.17) is 4.74 Å². The summed E-state index contributed by atoms with van der Waals surface area (Å²) < 4.78 is 6.17. The van der Waals surface area contributed by atoms with Gasteiger partial charge in [0.1, 0.15) is 12.4 Å². The summed E-state index contributed by atoms with van der Waals surface area (Å²) in [5.41, 5.74) is 6.82. The van der Waals surface area contributed by atoms with Crippen molar-refractivity contribution in [1.82, 2.24) is 4.90 Å². The van der Waals surface area contributed by atoms with Gasteiger partial charge in [0.25, 0.3) is 0 Å². The predicted molar refractivity (Wildman–Crippen MR) is 139 cm³/mol. The van der Waals surface area contributed by atoms with Crippen molar-refractivity contribution < 1.29 is 9.53 Å². The number of hydrogen-bond donors (Lipinski definition) is 0. The lowest BCUT2D eigenvalue weighted by Crippen LogP contribution is -2.25. The second-order valence-corrected chi connectivity index (χ2v) is 12.0. The molecule has 1 aromatic heterocycles. The van der Waals surface area contributed by atoms with E-state index in [1.54, 1.807) is 11.3 Å². The van der Waals surface area contributed by atoms with E-state index in [1.807, 2.05) is 0 Å². The Kier molecular flexibility index (Phi) is 7.65. The van der Waals surface area contributed by atoms with Crippen LogP contribution in [0.2, 0.25) is 0 Å². The molecule has 1 saturated heterocycles. The summed E-state index contributed by atoms with van der Waals surface area (Å²) >= 11 is 1.77. The summed E-state index contributed by atoms with van der Waals surface area (Å²) in [6.45, 7) is 15.4. The van der Waals surface area contributed by atoms with Crippen LogP contribution in [0, 0.1) is 19.3 Å². The molecule has 4 rings (SSSR count). The fourth-order valence-corrected chi connectivity index (χ4v) is 6.90. The van der Waals surface area contributed by atoms with Crippen LogP contribution in [0.1, 0.15) is 88.8 Å². The molecule has 0 saturated carbocycles. The summed E-state index contributed by atoms with van der Waals surface area (Å²) in [5, 5.41) is 0. The lowest BCUT2D eigenvalue weighted by atomic mass is 9.74. The van der Waals surface area contributed by atoms with Crippen LogP contribution in [0.3, 0.4) is 0 Å². The average molecular weight is 468 g/mol. The van der Waals surface area contributed by atoms with Crippen LogP contribution >= 0.6 is 11.3 Å². The zero-order valence-corrected chi connectivity index (χ0v) is 22.1. The topological polar surface area (TPSA) is 29.5 Å². The molecule has 0 spiro atoms. The summed E-state index contributed by atoms with van der Waals surface area (Å²) in [6, 6.07) is 4.44. The second-order valence-electron chi connectivity index (χ2n) is 10.9. The van der Waals surface area contributed by atoms with Gasteiger partial charge in [-0.3, -0.25) is 9.69 Å². The SMILES string of the molecule is CCc1sc(C(=O)CCc2cc(C)c(OCCN3CCCC3)c(C)c2)c2c1CC(C)(C)CC2. The summed E-state index contributed by atoms with van der Waals surface area (Å²) in [5.74, 6) is 1.35. The molecule has 0 atom stereocenters. The van der Waals surface area contributed by atoms with E-state index >= 15 is 0 Å². The highest BCUT2D eigenvalue weighted by molar-refractivity contribution is 7.14. The molecule has 1 aliphatic heterocycles. The maximum Gasteiger partial charge on any atom is 0.173 e. The number of ether oxygens (including phenoxy) is 1. The van der Waals surface area contributed by atoms with Crippen LogP contribution in [-0.2, 0) is 25.7 Å². The number of aryl methyl sites for hydroxylation is 4. The summed E-state index contributed by atoms with van der Waals surface area (Å²) in [4.78, 5) is 18.2. The third kappa shape index (κ3) is 5.71. The average Bonchev–Trinajstić information content (AvgIpc) is 3.40. The second kappa shape index (κ2) is 10.3. The molecule has 4 heteroatoms. The number of likely N-dealkylation sites (tertiary alicyclic amines) is 1. The Morgan fingerprint density at radius 3 is 2.48 bits per heavy atom. The maximum atomic E-state index is 13.3. The maximum absolute atomic E-state index is 13.3. The van der Waals surface area contributed by atoms with E-state index in [2.05, 4.69) is 51.7 Å². The fraction of sp³-hybridized carbons (Fsp3) is 0.621. The monoisotopic (exact) mass is 467 g/mol. The van der Waals surface area contributed by atoms with Gasteiger partial charge in [-0.25, -0.2) is 0 Å². The highest BCUT2D eigenvalue weighted by Crippen LogP contribution is 2.42. The van der Waals surface area contributed by atoms with Gasteiger partial charge < -0.3 is 4.74 Å². The van der Waals surface area contributed by atoms with Crippen LogP contribution in [-0.4, -0.2) is 36.9 Å². The third-order valence-corrected chi connectivity index (χ3v) is 8.95. The van der Waals surface area contributed by atoms with Gasteiger partial charge in [0.2, 0.25) is 0 Å². The van der Waals surface area contributed by atoms with Gasteiger partial charge in [0.15, 0.2) is 5.78 Å². The number of carbonyl (C=O) groups is 1. The molecular weight excluding hydrogens is 426 g/mol. The minimum absolute atomic E-state index is 0.330. The Morgan fingerprint density at radius 2 is 1.82 bits per heavy atom. The largest absolute Gasteiger partial charge is 0.492 e. The first kappa shape index (κ1) is 24.5. The Labute approximate surface area is 204 Å². The standard InChI is InChI=1S/C29H41NO2S/c1-6-26-24-19-29(4,5)12-11-23(24)28(33-26)25(31)10-9-22-17-20(2)27(21(3)18-22)32-16-15-30-13-7-8-14-30/h17-18H,6-16,19H2,1-5H3. The first-order chi connectivity index (χ1) is 15.8. The Hall–Kier alpha value is -1.65. The van der Waals surface area contributed by atoms with Crippen LogP contribution < -0.4 is 4.74 Å². The van der Waals surface area contributed by atoms with E-state index in [-0.39, 0.29) is 0 Å². The van der Waals surface area contributed by atoms with E-state index in [0.29, 0.717) is 17.6 Å². The van der Waals surface area contributed by atoms with Crippen molar-refractivity contribution in [2.24, 2.45) is 5.41 Å². The van der Waals surface area contributed by atoms with Gasteiger partial charge in [0.05, 0.1) is 4.88 Å². The number of fused-ring (bicyclic) bond motifs is 1. The first-order valence-corrected chi connectivity index (χ1v) is 13.7. The first-order valence-electron chi connectivity index (χ1n) is 12.9.